The average molecular weight is 377 g/mol. The highest BCUT2D eigenvalue weighted by Gasteiger charge is 2.11. The second-order valence-electron chi connectivity index (χ2n) is 6.28. The predicted molar refractivity (Wildman–Crippen MR) is 106 cm³/mol. The van der Waals surface area contributed by atoms with Crippen LogP contribution in [0.3, 0.4) is 0 Å². The van der Waals surface area contributed by atoms with Gasteiger partial charge in [0.25, 0.3) is 0 Å². The van der Waals surface area contributed by atoms with E-state index in [2.05, 4.69) is 51.3 Å². The van der Waals surface area contributed by atoms with Crippen LogP contribution in [0.2, 0.25) is 0 Å². The van der Waals surface area contributed by atoms with E-state index in [1.807, 2.05) is 11.6 Å². The predicted octanol–water partition coefficient (Wildman–Crippen LogP) is 1.06. The van der Waals surface area contributed by atoms with Crippen molar-refractivity contribution < 1.29 is 4.74 Å². The molecule has 27 heavy (non-hydrogen) atoms. The third kappa shape index (κ3) is 5.78. The van der Waals surface area contributed by atoms with Crippen molar-refractivity contribution in [3.05, 3.63) is 29.1 Å². The first-order valence-corrected chi connectivity index (χ1v) is 9.51. The molecule has 0 atom stereocenters. The van der Waals surface area contributed by atoms with Crippen LogP contribution in [-0.2, 0) is 30.8 Å². The number of aliphatic imine (C=N–C) groups is 1. The fourth-order valence-electron chi connectivity index (χ4n) is 2.89. The highest BCUT2D eigenvalue weighted by atomic mass is 16.5. The van der Waals surface area contributed by atoms with E-state index < -0.39 is 0 Å². The highest BCUT2D eigenvalue weighted by Crippen LogP contribution is 2.14. The van der Waals surface area contributed by atoms with E-state index in [1.54, 1.807) is 13.4 Å². The summed E-state index contributed by atoms with van der Waals surface area (Å²) in [6.45, 7) is 12.6. The van der Waals surface area contributed by atoms with Gasteiger partial charge in [-0.25, -0.2) is 4.99 Å². The second kappa shape index (κ2) is 10.7. The minimum Gasteiger partial charge on any atom is -0.383 e. The van der Waals surface area contributed by atoms with Crippen molar-refractivity contribution >= 4 is 5.96 Å². The summed E-state index contributed by atoms with van der Waals surface area (Å²) in [5.74, 6) is 1.79. The smallest absolute Gasteiger partial charge is 0.191 e. The highest BCUT2D eigenvalue weighted by molar-refractivity contribution is 5.79. The number of methoxy groups -OCH3 is 1. The summed E-state index contributed by atoms with van der Waals surface area (Å²) >= 11 is 0. The number of hydrogen-bond donors (Lipinski definition) is 2. The summed E-state index contributed by atoms with van der Waals surface area (Å²) in [5, 5.41) is 19.3. The van der Waals surface area contributed by atoms with E-state index in [4.69, 9.17) is 9.73 Å². The monoisotopic (exact) mass is 376 g/mol. The summed E-state index contributed by atoms with van der Waals surface area (Å²) < 4.78 is 9.20. The average Bonchev–Trinajstić information content (AvgIpc) is 3.22. The van der Waals surface area contributed by atoms with E-state index in [0.29, 0.717) is 13.2 Å². The summed E-state index contributed by atoms with van der Waals surface area (Å²) in [6, 6.07) is 0. The molecule has 0 spiro atoms. The summed E-state index contributed by atoms with van der Waals surface area (Å²) in [6.07, 6.45) is 2.64. The largest absolute Gasteiger partial charge is 0.383 e. The molecule has 0 amide bonds. The van der Waals surface area contributed by atoms with Crippen molar-refractivity contribution in [3.63, 3.8) is 0 Å². The van der Waals surface area contributed by atoms with Crippen molar-refractivity contribution in [3.8, 4) is 0 Å². The zero-order valence-corrected chi connectivity index (χ0v) is 17.1. The maximum atomic E-state index is 5.15. The topological polar surface area (TPSA) is 94.2 Å². The molecule has 0 saturated carbocycles. The molecule has 150 valence electrons. The molecule has 2 heterocycles. The van der Waals surface area contributed by atoms with Crippen LogP contribution in [0.25, 0.3) is 0 Å². The molecule has 2 rings (SSSR count). The van der Waals surface area contributed by atoms with Crippen LogP contribution in [0.15, 0.2) is 11.3 Å². The second-order valence-corrected chi connectivity index (χ2v) is 6.28. The number of aromatic nitrogens is 5. The molecule has 0 aliphatic rings. The van der Waals surface area contributed by atoms with Crippen LogP contribution >= 0.6 is 0 Å². The molecule has 9 heteroatoms. The number of guanidine groups is 1. The van der Waals surface area contributed by atoms with Gasteiger partial charge in [0.2, 0.25) is 0 Å². The van der Waals surface area contributed by atoms with Gasteiger partial charge in [0.1, 0.15) is 12.2 Å². The van der Waals surface area contributed by atoms with Gasteiger partial charge in [-0.15, -0.1) is 10.2 Å². The van der Waals surface area contributed by atoms with Crippen molar-refractivity contribution in [2.45, 2.75) is 53.8 Å². The molecular weight excluding hydrogens is 344 g/mol. The fraction of sp³-hybridized carbons (Fsp3) is 0.667. The van der Waals surface area contributed by atoms with Gasteiger partial charge in [-0.05, 0) is 20.8 Å². The summed E-state index contributed by atoms with van der Waals surface area (Å²) in [5.41, 5.74) is 3.32. The van der Waals surface area contributed by atoms with E-state index >= 15 is 0 Å². The normalized spacial score (nSPS) is 11.8. The third-order valence-corrected chi connectivity index (χ3v) is 4.44. The lowest BCUT2D eigenvalue weighted by molar-refractivity contribution is 0.182. The van der Waals surface area contributed by atoms with E-state index in [0.717, 1.165) is 61.3 Å². The van der Waals surface area contributed by atoms with Crippen molar-refractivity contribution in [1.29, 1.82) is 0 Å². The van der Waals surface area contributed by atoms with Crippen molar-refractivity contribution in [2.75, 3.05) is 26.8 Å². The maximum absolute atomic E-state index is 5.15. The minimum absolute atomic E-state index is 0.590. The first kappa shape index (κ1) is 20.9. The van der Waals surface area contributed by atoms with Crippen molar-refractivity contribution in [2.24, 2.45) is 4.99 Å². The minimum atomic E-state index is 0.590. The Morgan fingerprint density at radius 3 is 2.74 bits per heavy atom. The molecule has 0 saturated heterocycles. The number of nitrogens with one attached hydrogen (secondary N) is 2. The Balaban J connectivity index is 1.97. The van der Waals surface area contributed by atoms with Gasteiger partial charge in [0, 0.05) is 44.4 Å². The lowest BCUT2D eigenvalue weighted by Crippen LogP contribution is -2.39. The Hall–Kier alpha value is -2.42. The Morgan fingerprint density at radius 1 is 1.22 bits per heavy atom. The van der Waals surface area contributed by atoms with Gasteiger partial charge < -0.3 is 19.9 Å². The SMILES string of the molecule is CCNC(=NCc1c(C)nn(CCOC)c1C)NCCn1cnnc1CC. The number of ether oxygens (including phenoxy) is 1. The van der Waals surface area contributed by atoms with Crippen LogP contribution in [-0.4, -0.2) is 57.3 Å². The van der Waals surface area contributed by atoms with E-state index in [9.17, 15) is 0 Å². The number of hydrogen-bond acceptors (Lipinski definition) is 5. The lowest BCUT2D eigenvalue weighted by Gasteiger charge is -2.12. The molecule has 0 aliphatic heterocycles. The van der Waals surface area contributed by atoms with Gasteiger partial charge >= 0.3 is 0 Å². The lowest BCUT2D eigenvalue weighted by atomic mass is 10.2. The Labute approximate surface area is 161 Å². The molecule has 2 aromatic rings. The quantitative estimate of drug-likeness (QED) is 0.476. The molecule has 0 fully saturated rings. The molecule has 0 bridgehead atoms. The first-order valence-electron chi connectivity index (χ1n) is 9.51. The van der Waals surface area contributed by atoms with Crippen LogP contribution in [0, 0.1) is 13.8 Å². The summed E-state index contributed by atoms with van der Waals surface area (Å²) in [4.78, 5) is 4.73. The van der Waals surface area contributed by atoms with Gasteiger partial charge in [0.15, 0.2) is 5.96 Å². The zero-order valence-electron chi connectivity index (χ0n) is 17.1. The molecule has 0 radical (unpaired) electrons. The first-order chi connectivity index (χ1) is 13.1. The van der Waals surface area contributed by atoms with Gasteiger partial charge in [0.05, 0.1) is 25.4 Å². The summed E-state index contributed by atoms with van der Waals surface area (Å²) in [7, 11) is 1.70. The molecule has 0 aromatic carbocycles. The van der Waals surface area contributed by atoms with Crippen LogP contribution in [0.5, 0.6) is 0 Å². The van der Waals surface area contributed by atoms with E-state index in [1.165, 1.54) is 0 Å². The zero-order chi connectivity index (χ0) is 19.6. The molecule has 2 aromatic heterocycles. The number of rotatable bonds is 10. The molecule has 0 unspecified atom stereocenters. The van der Waals surface area contributed by atoms with Gasteiger partial charge in [-0.1, -0.05) is 6.92 Å². The molecule has 9 nitrogen and oxygen atoms in total. The Bertz CT molecular complexity index is 734. The van der Waals surface area contributed by atoms with Crippen LogP contribution in [0.1, 0.15) is 36.6 Å². The van der Waals surface area contributed by atoms with E-state index in [-0.39, 0.29) is 0 Å². The molecule has 2 N–H and O–H groups in total. The van der Waals surface area contributed by atoms with Crippen LogP contribution < -0.4 is 10.6 Å². The number of aryl methyl sites for hydroxylation is 2. The number of nitrogens with zero attached hydrogens (tertiary/aromatic N) is 6. The Kier molecular flexibility index (Phi) is 8.25. The van der Waals surface area contributed by atoms with Crippen molar-refractivity contribution in [1.82, 2.24) is 35.2 Å². The standard InChI is InChI=1S/C18H32N8O/c1-6-17-23-22-13-25(17)9-8-20-18(19-7-2)21-12-16-14(3)24-26(15(16)4)10-11-27-5/h13H,6-12H2,1-5H3,(H2,19,20,21). The third-order valence-electron chi connectivity index (χ3n) is 4.44. The maximum Gasteiger partial charge on any atom is 0.191 e. The van der Waals surface area contributed by atoms with Crippen LogP contribution in [0.4, 0.5) is 0 Å². The van der Waals surface area contributed by atoms with Gasteiger partial charge in [-0.2, -0.15) is 5.10 Å². The fourth-order valence-corrected chi connectivity index (χ4v) is 2.89. The molecule has 0 aliphatic carbocycles. The Morgan fingerprint density at radius 2 is 2.04 bits per heavy atom. The van der Waals surface area contributed by atoms with Gasteiger partial charge in [-0.3, -0.25) is 4.68 Å². The molecular formula is C18H32N8O.